The summed E-state index contributed by atoms with van der Waals surface area (Å²) in [7, 11) is 5.76. The van der Waals surface area contributed by atoms with Crippen LogP contribution in [0.4, 0.5) is 0 Å². The van der Waals surface area contributed by atoms with Gasteiger partial charge in [-0.2, -0.15) is 0 Å². The highest BCUT2D eigenvalue weighted by Crippen LogP contribution is 2.34. The number of hydrogen-bond donors (Lipinski definition) is 4. The van der Waals surface area contributed by atoms with Crippen molar-refractivity contribution in [2.45, 2.75) is 12.8 Å². The molecule has 2 atom stereocenters. The Kier molecular flexibility index (Phi) is 14.1. The van der Waals surface area contributed by atoms with Crippen molar-refractivity contribution in [3.05, 3.63) is 107 Å². The molecule has 0 bridgehead atoms. The van der Waals surface area contributed by atoms with Crippen LogP contribution in [0.3, 0.4) is 0 Å². The van der Waals surface area contributed by atoms with Gasteiger partial charge in [-0.1, -0.05) is 24.3 Å². The van der Waals surface area contributed by atoms with Crippen LogP contribution in [-0.2, 0) is 22.4 Å². The molecule has 0 heterocycles. The van der Waals surface area contributed by atoms with E-state index in [-0.39, 0.29) is 59.5 Å². The van der Waals surface area contributed by atoms with Gasteiger partial charge in [0.05, 0.1) is 28.4 Å². The summed E-state index contributed by atoms with van der Waals surface area (Å²) < 4.78 is 32.1. The number of methoxy groups -OCH3 is 4. The van der Waals surface area contributed by atoms with Gasteiger partial charge in [-0.15, -0.1) is 0 Å². The van der Waals surface area contributed by atoms with Crippen molar-refractivity contribution in [3.63, 3.8) is 0 Å². The largest absolute Gasteiger partial charge is 0.504 e. The second-order valence-corrected chi connectivity index (χ2v) is 11.6. The van der Waals surface area contributed by atoms with Gasteiger partial charge in [0.25, 0.3) is 0 Å². The molecule has 0 amide bonds. The summed E-state index contributed by atoms with van der Waals surface area (Å²) >= 11 is 0. The van der Waals surface area contributed by atoms with Crippen molar-refractivity contribution in [3.8, 4) is 46.0 Å². The molecule has 0 aliphatic carbocycles. The lowest BCUT2D eigenvalue weighted by Gasteiger charge is -2.25. The van der Waals surface area contributed by atoms with Gasteiger partial charge >= 0.3 is 11.9 Å². The number of aromatic hydroxyl groups is 2. The minimum atomic E-state index is -0.644. The third-order valence-electron chi connectivity index (χ3n) is 8.24. The van der Waals surface area contributed by atoms with Crippen molar-refractivity contribution in [2.24, 2.45) is 11.8 Å². The van der Waals surface area contributed by atoms with Crippen molar-refractivity contribution in [1.29, 1.82) is 0 Å². The van der Waals surface area contributed by atoms with Crippen LogP contribution in [0.1, 0.15) is 22.3 Å². The number of rotatable bonds is 17. The fourth-order valence-electron chi connectivity index (χ4n) is 5.42. The molecule has 0 fully saturated rings. The van der Waals surface area contributed by atoms with E-state index < -0.39 is 11.9 Å². The number of ether oxygens (including phenoxy) is 6. The molecular formula is C40H42O12. The summed E-state index contributed by atoms with van der Waals surface area (Å²) in [4.78, 5) is 25.1. The molecule has 12 heteroatoms. The number of benzene rings is 4. The molecule has 0 saturated carbocycles. The van der Waals surface area contributed by atoms with Crippen molar-refractivity contribution >= 4 is 24.1 Å². The quantitative estimate of drug-likeness (QED) is 0.0627. The fourth-order valence-corrected chi connectivity index (χ4v) is 5.42. The van der Waals surface area contributed by atoms with E-state index >= 15 is 0 Å². The van der Waals surface area contributed by atoms with E-state index in [1.807, 2.05) is 0 Å². The normalized spacial score (nSPS) is 12.3. The number of carbonyl (C=O) groups excluding carboxylic acids is 2. The average Bonchev–Trinajstić information content (AvgIpc) is 3.16. The molecule has 4 N–H and O–H groups in total. The third kappa shape index (κ3) is 10.5. The first-order valence-corrected chi connectivity index (χ1v) is 16.2. The number of carbonyl (C=O) groups is 2. The minimum Gasteiger partial charge on any atom is -0.504 e. The third-order valence-corrected chi connectivity index (χ3v) is 8.24. The number of phenolic OH excluding ortho intramolecular Hbond substituents is 2. The van der Waals surface area contributed by atoms with Crippen LogP contribution in [-0.4, -0.2) is 74.0 Å². The van der Waals surface area contributed by atoms with Gasteiger partial charge in [0.2, 0.25) is 0 Å². The van der Waals surface area contributed by atoms with Gasteiger partial charge in [0, 0.05) is 25.4 Å². The van der Waals surface area contributed by atoms with Crippen LogP contribution in [0.2, 0.25) is 0 Å². The Labute approximate surface area is 301 Å². The summed E-state index contributed by atoms with van der Waals surface area (Å²) in [5.74, 6) is -0.443. The van der Waals surface area contributed by atoms with E-state index in [0.29, 0.717) is 35.5 Å². The topological polar surface area (TPSA) is 170 Å². The first kappa shape index (κ1) is 38.8. The summed E-state index contributed by atoms with van der Waals surface area (Å²) in [6.45, 7) is -0.410. The SMILES string of the molecule is COc1cc(/C=C/C(=O)Oc2ccc(C[C@@H](CO)[C@H](CO)Cc3ccc(OC(=O)/C=C/c4ccc(O)c(OC)c4)c(OC)c3)cc2OC)ccc1O. The van der Waals surface area contributed by atoms with Gasteiger partial charge in [0.15, 0.2) is 46.0 Å². The second kappa shape index (κ2) is 18.9. The average molecular weight is 715 g/mol. The van der Waals surface area contributed by atoms with Gasteiger partial charge in [-0.25, -0.2) is 9.59 Å². The molecule has 52 heavy (non-hydrogen) atoms. The maximum Gasteiger partial charge on any atom is 0.336 e. The zero-order valence-electron chi connectivity index (χ0n) is 29.3. The van der Waals surface area contributed by atoms with E-state index in [1.165, 1.54) is 64.9 Å². The zero-order valence-corrected chi connectivity index (χ0v) is 29.3. The highest BCUT2D eigenvalue weighted by atomic mass is 16.6. The molecule has 12 nitrogen and oxygen atoms in total. The van der Waals surface area contributed by atoms with Crippen LogP contribution in [0.15, 0.2) is 84.9 Å². The summed E-state index contributed by atoms with van der Waals surface area (Å²) in [6.07, 6.45) is 6.32. The van der Waals surface area contributed by atoms with E-state index in [4.69, 9.17) is 28.4 Å². The first-order valence-electron chi connectivity index (χ1n) is 16.2. The predicted octanol–water partition coefficient (Wildman–Crippen LogP) is 5.37. The Balaban J connectivity index is 1.39. The molecule has 0 unspecified atom stereocenters. The monoisotopic (exact) mass is 714 g/mol. The van der Waals surface area contributed by atoms with E-state index in [9.17, 15) is 30.0 Å². The van der Waals surface area contributed by atoms with E-state index in [0.717, 1.165) is 11.1 Å². The Morgan fingerprint density at radius 1 is 0.538 bits per heavy atom. The lowest BCUT2D eigenvalue weighted by molar-refractivity contribution is -0.129. The van der Waals surface area contributed by atoms with Crippen LogP contribution < -0.4 is 28.4 Å². The molecule has 0 saturated heterocycles. The Hall–Kier alpha value is -5.98. The highest BCUT2D eigenvalue weighted by Gasteiger charge is 2.23. The molecule has 4 aromatic carbocycles. The van der Waals surface area contributed by atoms with Crippen molar-refractivity contribution in [1.82, 2.24) is 0 Å². The molecule has 274 valence electrons. The Bertz CT molecular complexity index is 1760. The van der Waals surface area contributed by atoms with Crippen LogP contribution in [0.5, 0.6) is 46.0 Å². The van der Waals surface area contributed by atoms with E-state index in [2.05, 4.69) is 0 Å². The number of aliphatic hydroxyl groups excluding tert-OH is 2. The number of aliphatic hydroxyl groups is 2. The van der Waals surface area contributed by atoms with Gasteiger partial charge < -0.3 is 48.8 Å². The molecule has 0 aliphatic rings. The Morgan fingerprint density at radius 3 is 1.27 bits per heavy atom. The summed E-state index contributed by atoms with van der Waals surface area (Å²) in [6, 6.07) is 19.5. The van der Waals surface area contributed by atoms with Crippen molar-refractivity contribution in [2.75, 3.05) is 41.7 Å². The van der Waals surface area contributed by atoms with Crippen molar-refractivity contribution < 1.29 is 58.4 Å². The van der Waals surface area contributed by atoms with E-state index in [1.54, 1.807) is 60.7 Å². The van der Waals surface area contributed by atoms with Crippen LogP contribution >= 0.6 is 0 Å². The number of phenols is 2. The Morgan fingerprint density at radius 2 is 0.923 bits per heavy atom. The van der Waals surface area contributed by atoms with Gasteiger partial charge in [0.1, 0.15) is 0 Å². The molecule has 0 radical (unpaired) electrons. The van der Waals surface area contributed by atoms with Gasteiger partial charge in [-0.05, 0) is 108 Å². The highest BCUT2D eigenvalue weighted by molar-refractivity contribution is 5.90. The summed E-state index contributed by atoms with van der Waals surface area (Å²) in [5.41, 5.74) is 2.83. The lowest BCUT2D eigenvalue weighted by Crippen LogP contribution is -2.26. The summed E-state index contributed by atoms with van der Waals surface area (Å²) in [5, 5.41) is 40.2. The van der Waals surface area contributed by atoms with Crippen LogP contribution in [0.25, 0.3) is 12.2 Å². The maximum atomic E-state index is 12.6. The number of hydrogen-bond acceptors (Lipinski definition) is 12. The second-order valence-electron chi connectivity index (χ2n) is 11.6. The lowest BCUT2D eigenvalue weighted by atomic mass is 9.83. The number of esters is 2. The smallest absolute Gasteiger partial charge is 0.336 e. The zero-order chi connectivity index (χ0) is 37.6. The molecule has 4 rings (SSSR count). The molecule has 0 aliphatic heterocycles. The molecule has 0 aromatic heterocycles. The molecular weight excluding hydrogens is 672 g/mol. The molecule has 4 aromatic rings. The van der Waals surface area contributed by atoms with Gasteiger partial charge in [-0.3, -0.25) is 0 Å². The molecule has 0 spiro atoms. The first-order chi connectivity index (χ1) is 25.1. The standard InChI is InChI=1S/C40H42O12/c1-47-35-19-25(5-11-31(35)43)9-15-39(45)51-33-13-7-27(21-37(33)49-3)17-29(23-41)30(24-42)18-28-8-14-34(38(22-28)50-4)52-40(46)16-10-26-6-12-32(44)36(20-26)48-2/h5-16,19-22,29-30,41-44H,17-18,23-24H2,1-4H3/b15-9+,16-10+/t29-,30-/m0/s1. The van der Waals surface area contributed by atoms with Crippen LogP contribution in [0, 0.1) is 11.8 Å². The fraction of sp³-hybridized carbons (Fsp3) is 0.250. The minimum absolute atomic E-state index is 0.0183. The maximum absolute atomic E-state index is 12.6. The predicted molar refractivity (Wildman–Crippen MR) is 193 cm³/mol.